The van der Waals surface area contributed by atoms with Gasteiger partial charge in [-0.15, -0.1) is 0 Å². The van der Waals surface area contributed by atoms with Crippen molar-refractivity contribution in [2.75, 3.05) is 6.54 Å². The average molecular weight is 205 g/mol. The number of aromatic nitrogens is 2. The van der Waals surface area contributed by atoms with Gasteiger partial charge in [-0.05, 0) is 31.2 Å². The number of rotatable bonds is 2. The highest BCUT2D eigenvalue weighted by Crippen LogP contribution is 2.32. The van der Waals surface area contributed by atoms with Crippen molar-refractivity contribution in [2.45, 2.75) is 39.5 Å². The van der Waals surface area contributed by atoms with Gasteiger partial charge in [-0.3, -0.25) is 9.97 Å². The summed E-state index contributed by atoms with van der Waals surface area (Å²) in [7, 11) is 0. The second-order valence-corrected chi connectivity index (χ2v) is 5.13. The lowest BCUT2D eigenvalue weighted by atomic mass is 9.78. The van der Waals surface area contributed by atoms with E-state index in [1.54, 1.807) is 0 Å². The van der Waals surface area contributed by atoms with Gasteiger partial charge in [0, 0.05) is 12.6 Å². The maximum Gasteiger partial charge on any atom is 0.0624 e. The molecular formula is C12H19N3. The first-order valence-corrected chi connectivity index (χ1v) is 5.64. The van der Waals surface area contributed by atoms with Gasteiger partial charge in [0.25, 0.3) is 0 Å². The molecule has 3 nitrogen and oxygen atoms in total. The fraction of sp³-hybridized carbons (Fsp3) is 0.667. The van der Waals surface area contributed by atoms with Crippen LogP contribution in [-0.2, 0) is 19.3 Å². The summed E-state index contributed by atoms with van der Waals surface area (Å²) in [6.45, 7) is 5.25. The summed E-state index contributed by atoms with van der Waals surface area (Å²) in [5.41, 5.74) is 9.32. The fourth-order valence-electron chi connectivity index (χ4n) is 2.11. The molecular weight excluding hydrogens is 186 g/mol. The van der Waals surface area contributed by atoms with Gasteiger partial charge in [-0.25, -0.2) is 0 Å². The zero-order valence-corrected chi connectivity index (χ0v) is 9.58. The van der Waals surface area contributed by atoms with Crippen LogP contribution < -0.4 is 5.73 Å². The standard InChI is InChI=1S/C12H19N3/c1-12(2)5-3-10-11(7-12)14-8-9(15-10)4-6-13/h8H,3-7,13H2,1-2H3. The Kier molecular flexibility index (Phi) is 2.74. The molecule has 0 fully saturated rings. The maximum absolute atomic E-state index is 5.51. The molecule has 0 aromatic carbocycles. The van der Waals surface area contributed by atoms with E-state index in [2.05, 4.69) is 23.8 Å². The third-order valence-electron chi connectivity index (χ3n) is 3.07. The van der Waals surface area contributed by atoms with Crippen LogP contribution in [0.3, 0.4) is 0 Å². The van der Waals surface area contributed by atoms with Crippen molar-refractivity contribution in [3.8, 4) is 0 Å². The Morgan fingerprint density at radius 3 is 2.93 bits per heavy atom. The summed E-state index contributed by atoms with van der Waals surface area (Å²) in [6.07, 6.45) is 6.05. The van der Waals surface area contributed by atoms with Gasteiger partial charge in [0.1, 0.15) is 0 Å². The van der Waals surface area contributed by atoms with E-state index in [4.69, 9.17) is 5.73 Å². The van der Waals surface area contributed by atoms with E-state index in [1.165, 1.54) is 17.8 Å². The lowest BCUT2D eigenvalue weighted by Gasteiger charge is -2.29. The summed E-state index contributed by atoms with van der Waals surface area (Å²) in [6, 6.07) is 0. The Hall–Kier alpha value is -0.960. The molecule has 1 aromatic heterocycles. The highest BCUT2D eigenvalue weighted by molar-refractivity contribution is 5.19. The molecule has 2 rings (SSSR count). The van der Waals surface area contributed by atoms with Crippen molar-refractivity contribution in [3.05, 3.63) is 23.3 Å². The summed E-state index contributed by atoms with van der Waals surface area (Å²) >= 11 is 0. The number of hydrogen-bond acceptors (Lipinski definition) is 3. The van der Waals surface area contributed by atoms with Crippen molar-refractivity contribution in [1.29, 1.82) is 0 Å². The minimum absolute atomic E-state index is 0.386. The summed E-state index contributed by atoms with van der Waals surface area (Å²) in [5, 5.41) is 0. The summed E-state index contributed by atoms with van der Waals surface area (Å²) in [4.78, 5) is 9.14. The molecule has 0 spiro atoms. The molecule has 0 unspecified atom stereocenters. The van der Waals surface area contributed by atoms with Crippen molar-refractivity contribution in [3.63, 3.8) is 0 Å². The smallest absolute Gasteiger partial charge is 0.0624 e. The Bertz CT molecular complexity index is 358. The molecule has 2 N–H and O–H groups in total. The lowest BCUT2D eigenvalue weighted by Crippen LogP contribution is -2.24. The van der Waals surface area contributed by atoms with Gasteiger partial charge >= 0.3 is 0 Å². The van der Waals surface area contributed by atoms with Gasteiger partial charge in [0.15, 0.2) is 0 Å². The Labute approximate surface area is 91.1 Å². The predicted octanol–water partition coefficient (Wildman–Crippen LogP) is 1.49. The summed E-state index contributed by atoms with van der Waals surface area (Å²) < 4.78 is 0. The number of nitrogens with zero attached hydrogens (tertiary/aromatic N) is 2. The molecule has 1 aromatic rings. The quantitative estimate of drug-likeness (QED) is 0.796. The van der Waals surface area contributed by atoms with Gasteiger partial charge in [0.05, 0.1) is 17.1 Å². The van der Waals surface area contributed by atoms with Crippen molar-refractivity contribution in [2.24, 2.45) is 11.1 Å². The average Bonchev–Trinajstić information content (AvgIpc) is 2.18. The summed E-state index contributed by atoms with van der Waals surface area (Å²) in [5.74, 6) is 0. The first-order valence-electron chi connectivity index (χ1n) is 5.64. The van der Waals surface area contributed by atoms with E-state index in [0.29, 0.717) is 12.0 Å². The maximum atomic E-state index is 5.51. The van der Waals surface area contributed by atoms with Gasteiger partial charge in [0.2, 0.25) is 0 Å². The molecule has 0 amide bonds. The van der Waals surface area contributed by atoms with E-state index in [9.17, 15) is 0 Å². The van der Waals surface area contributed by atoms with Gasteiger partial charge in [-0.1, -0.05) is 13.8 Å². The molecule has 3 heteroatoms. The second-order valence-electron chi connectivity index (χ2n) is 5.13. The van der Waals surface area contributed by atoms with Crippen LogP contribution in [-0.4, -0.2) is 16.5 Å². The molecule has 0 atom stereocenters. The molecule has 15 heavy (non-hydrogen) atoms. The van der Waals surface area contributed by atoms with E-state index in [0.717, 1.165) is 25.0 Å². The Balaban J connectivity index is 2.24. The molecule has 0 saturated carbocycles. The number of nitrogens with two attached hydrogens (primary N) is 1. The lowest BCUT2D eigenvalue weighted by molar-refractivity contribution is 0.307. The largest absolute Gasteiger partial charge is 0.330 e. The number of hydrogen-bond donors (Lipinski definition) is 1. The third-order valence-corrected chi connectivity index (χ3v) is 3.07. The Morgan fingerprint density at radius 2 is 2.20 bits per heavy atom. The van der Waals surface area contributed by atoms with E-state index in [-0.39, 0.29) is 0 Å². The Morgan fingerprint density at radius 1 is 1.40 bits per heavy atom. The molecule has 0 saturated heterocycles. The van der Waals surface area contributed by atoms with Crippen LogP contribution in [0.4, 0.5) is 0 Å². The van der Waals surface area contributed by atoms with Crippen LogP contribution >= 0.6 is 0 Å². The molecule has 1 aliphatic carbocycles. The third kappa shape index (κ3) is 2.34. The van der Waals surface area contributed by atoms with Crippen molar-refractivity contribution in [1.82, 2.24) is 9.97 Å². The SMILES string of the molecule is CC1(C)CCc2nc(CCN)cnc2C1. The van der Waals surface area contributed by atoms with Crippen molar-refractivity contribution < 1.29 is 0 Å². The second kappa shape index (κ2) is 3.89. The molecule has 1 aliphatic rings. The molecule has 0 aliphatic heterocycles. The highest BCUT2D eigenvalue weighted by atomic mass is 14.8. The van der Waals surface area contributed by atoms with Gasteiger partial charge < -0.3 is 5.73 Å². The van der Waals surface area contributed by atoms with Gasteiger partial charge in [-0.2, -0.15) is 0 Å². The normalized spacial score (nSPS) is 18.6. The predicted molar refractivity (Wildman–Crippen MR) is 60.6 cm³/mol. The topological polar surface area (TPSA) is 51.8 Å². The molecule has 1 heterocycles. The monoisotopic (exact) mass is 205 g/mol. The molecule has 82 valence electrons. The van der Waals surface area contributed by atoms with Crippen LogP contribution in [0.25, 0.3) is 0 Å². The van der Waals surface area contributed by atoms with Crippen LogP contribution in [0.2, 0.25) is 0 Å². The van der Waals surface area contributed by atoms with E-state index in [1.807, 2.05) is 6.20 Å². The van der Waals surface area contributed by atoms with Crippen LogP contribution in [0.1, 0.15) is 37.4 Å². The van der Waals surface area contributed by atoms with Crippen LogP contribution in [0, 0.1) is 5.41 Å². The minimum atomic E-state index is 0.386. The first kappa shape index (κ1) is 10.6. The van der Waals surface area contributed by atoms with Crippen molar-refractivity contribution >= 4 is 0 Å². The van der Waals surface area contributed by atoms with E-state index < -0.39 is 0 Å². The van der Waals surface area contributed by atoms with E-state index >= 15 is 0 Å². The number of fused-ring (bicyclic) bond motifs is 1. The molecule has 0 radical (unpaired) electrons. The first-order chi connectivity index (χ1) is 7.11. The number of aryl methyl sites for hydroxylation is 1. The molecule has 0 bridgehead atoms. The van der Waals surface area contributed by atoms with Crippen LogP contribution in [0.5, 0.6) is 0 Å². The highest BCUT2D eigenvalue weighted by Gasteiger charge is 2.26. The zero-order valence-electron chi connectivity index (χ0n) is 9.58. The minimum Gasteiger partial charge on any atom is -0.330 e. The zero-order chi connectivity index (χ0) is 10.9. The fourth-order valence-corrected chi connectivity index (χ4v) is 2.11. The van der Waals surface area contributed by atoms with Crippen LogP contribution in [0.15, 0.2) is 6.20 Å².